The summed E-state index contributed by atoms with van der Waals surface area (Å²) in [6.45, 7) is 7.30. The topological polar surface area (TPSA) is 63.6 Å². The van der Waals surface area contributed by atoms with Crippen LogP contribution < -0.4 is 0 Å². The molecule has 0 saturated heterocycles. The van der Waals surface area contributed by atoms with Crippen LogP contribution in [0, 0.1) is 6.92 Å². The molecule has 0 aliphatic heterocycles. The molecule has 1 atom stereocenters. The standard InChI is InChI=1S/C16H20O4/c1-4-6-11-16(14(17)18,15(19)20-5-2)13-9-7-12(3)8-10-13/h4,7-10H,1,5-6,11H2,2-3H3,(H,17,18). The second-order valence-corrected chi connectivity index (χ2v) is 4.62. The van der Waals surface area contributed by atoms with Gasteiger partial charge < -0.3 is 9.84 Å². The Bertz CT molecular complexity index is 490. The molecule has 0 amide bonds. The molecule has 0 spiro atoms. The summed E-state index contributed by atoms with van der Waals surface area (Å²) in [5.41, 5.74) is -0.228. The predicted octanol–water partition coefficient (Wildman–Crippen LogP) is 2.85. The second kappa shape index (κ2) is 6.89. The molecule has 0 aromatic heterocycles. The summed E-state index contributed by atoms with van der Waals surface area (Å²) >= 11 is 0. The Morgan fingerprint density at radius 2 is 1.95 bits per heavy atom. The smallest absolute Gasteiger partial charge is 0.328 e. The van der Waals surface area contributed by atoms with Gasteiger partial charge in [0.25, 0.3) is 0 Å². The first kappa shape index (κ1) is 16.0. The maximum Gasteiger partial charge on any atom is 0.328 e. The Kier molecular flexibility index (Phi) is 5.50. The SMILES string of the molecule is C=CCCC(C(=O)O)(C(=O)OCC)c1ccc(C)cc1. The lowest BCUT2D eigenvalue weighted by atomic mass is 9.76. The average molecular weight is 276 g/mol. The number of ether oxygens (including phenoxy) is 1. The highest BCUT2D eigenvalue weighted by Crippen LogP contribution is 2.32. The van der Waals surface area contributed by atoms with E-state index in [1.807, 2.05) is 6.92 Å². The van der Waals surface area contributed by atoms with E-state index in [-0.39, 0.29) is 13.0 Å². The van der Waals surface area contributed by atoms with Crippen molar-refractivity contribution in [3.05, 3.63) is 48.0 Å². The van der Waals surface area contributed by atoms with Crippen LogP contribution in [0.15, 0.2) is 36.9 Å². The Morgan fingerprint density at radius 3 is 2.40 bits per heavy atom. The van der Waals surface area contributed by atoms with E-state index in [0.717, 1.165) is 5.56 Å². The quantitative estimate of drug-likeness (QED) is 0.472. The van der Waals surface area contributed by atoms with E-state index in [1.165, 1.54) is 0 Å². The van der Waals surface area contributed by atoms with Gasteiger partial charge in [0.15, 0.2) is 5.41 Å². The van der Waals surface area contributed by atoms with Crippen molar-refractivity contribution in [2.24, 2.45) is 0 Å². The van der Waals surface area contributed by atoms with Gasteiger partial charge in [-0.15, -0.1) is 6.58 Å². The number of benzene rings is 1. The van der Waals surface area contributed by atoms with Crippen molar-refractivity contribution in [2.75, 3.05) is 6.61 Å². The van der Waals surface area contributed by atoms with Crippen LogP contribution in [0.1, 0.15) is 30.9 Å². The highest BCUT2D eigenvalue weighted by molar-refractivity contribution is 6.05. The number of carboxylic acids is 1. The predicted molar refractivity (Wildman–Crippen MR) is 76.6 cm³/mol. The van der Waals surface area contributed by atoms with Crippen LogP contribution in [-0.4, -0.2) is 23.7 Å². The number of rotatable bonds is 7. The lowest BCUT2D eigenvalue weighted by molar-refractivity contribution is -0.162. The van der Waals surface area contributed by atoms with Crippen LogP contribution in [0.4, 0.5) is 0 Å². The summed E-state index contributed by atoms with van der Waals surface area (Å²) in [7, 11) is 0. The third-order valence-electron chi connectivity index (χ3n) is 3.26. The Hall–Kier alpha value is -2.10. The van der Waals surface area contributed by atoms with Crippen molar-refractivity contribution < 1.29 is 19.4 Å². The summed E-state index contributed by atoms with van der Waals surface area (Å²) in [5, 5.41) is 9.64. The molecule has 20 heavy (non-hydrogen) atoms. The van der Waals surface area contributed by atoms with E-state index in [1.54, 1.807) is 37.3 Å². The fourth-order valence-corrected chi connectivity index (χ4v) is 2.09. The number of hydrogen-bond acceptors (Lipinski definition) is 3. The summed E-state index contributed by atoms with van der Waals surface area (Å²) in [4.78, 5) is 24.1. The van der Waals surface area contributed by atoms with Crippen LogP contribution in [-0.2, 0) is 19.7 Å². The zero-order valence-electron chi connectivity index (χ0n) is 11.9. The van der Waals surface area contributed by atoms with Crippen molar-refractivity contribution in [3.8, 4) is 0 Å². The van der Waals surface area contributed by atoms with Gasteiger partial charge >= 0.3 is 11.9 Å². The molecule has 0 aliphatic rings. The van der Waals surface area contributed by atoms with E-state index in [9.17, 15) is 14.7 Å². The number of carbonyl (C=O) groups is 2. The van der Waals surface area contributed by atoms with Crippen molar-refractivity contribution >= 4 is 11.9 Å². The molecule has 4 nitrogen and oxygen atoms in total. The van der Waals surface area contributed by atoms with E-state index < -0.39 is 17.4 Å². The van der Waals surface area contributed by atoms with Gasteiger partial charge in [0.05, 0.1) is 6.61 Å². The fourth-order valence-electron chi connectivity index (χ4n) is 2.09. The molecule has 1 unspecified atom stereocenters. The molecule has 1 N–H and O–H groups in total. The van der Waals surface area contributed by atoms with Crippen molar-refractivity contribution in [2.45, 2.75) is 32.1 Å². The van der Waals surface area contributed by atoms with Crippen LogP contribution in [0.25, 0.3) is 0 Å². The maximum atomic E-state index is 12.3. The molecule has 1 rings (SSSR count). The minimum absolute atomic E-state index is 0.133. The molecule has 0 aliphatic carbocycles. The summed E-state index contributed by atoms with van der Waals surface area (Å²) in [5.74, 6) is -1.92. The third kappa shape index (κ3) is 3.07. The molecular weight excluding hydrogens is 256 g/mol. The van der Waals surface area contributed by atoms with Crippen LogP contribution in [0.5, 0.6) is 0 Å². The van der Waals surface area contributed by atoms with Crippen molar-refractivity contribution in [3.63, 3.8) is 0 Å². The molecule has 4 heteroatoms. The maximum absolute atomic E-state index is 12.3. The van der Waals surface area contributed by atoms with E-state index >= 15 is 0 Å². The second-order valence-electron chi connectivity index (χ2n) is 4.62. The van der Waals surface area contributed by atoms with Crippen LogP contribution in [0.2, 0.25) is 0 Å². The minimum Gasteiger partial charge on any atom is -0.480 e. The first-order valence-electron chi connectivity index (χ1n) is 6.57. The molecule has 0 radical (unpaired) electrons. The molecule has 1 aromatic rings. The van der Waals surface area contributed by atoms with Gasteiger partial charge in [-0.25, -0.2) is 0 Å². The van der Waals surface area contributed by atoms with Gasteiger partial charge in [-0.1, -0.05) is 35.9 Å². The molecule has 0 bridgehead atoms. The van der Waals surface area contributed by atoms with Gasteiger partial charge in [0.1, 0.15) is 0 Å². The zero-order valence-corrected chi connectivity index (χ0v) is 11.9. The Labute approximate surface area is 119 Å². The van der Waals surface area contributed by atoms with E-state index in [2.05, 4.69) is 6.58 Å². The van der Waals surface area contributed by atoms with Crippen molar-refractivity contribution in [1.82, 2.24) is 0 Å². The van der Waals surface area contributed by atoms with Gasteiger partial charge in [-0.3, -0.25) is 9.59 Å². The molecule has 0 fully saturated rings. The highest BCUT2D eigenvalue weighted by atomic mass is 16.5. The number of carbonyl (C=O) groups excluding carboxylic acids is 1. The third-order valence-corrected chi connectivity index (χ3v) is 3.26. The number of allylic oxidation sites excluding steroid dienone is 1. The Balaban J connectivity index is 3.35. The van der Waals surface area contributed by atoms with Crippen molar-refractivity contribution in [1.29, 1.82) is 0 Å². The minimum atomic E-state index is -1.67. The summed E-state index contributed by atoms with van der Waals surface area (Å²) in [6.07, 6.45) is 2.15. The molecular formula is C16H20O4. The average Bonchev–Trinajstić information content (AvgIpc) is 2.41. The largest absolute Gasteiger partial charge is 0.480 e. The lowest BCUT2D eigenvalue weighted by Gasteiger charge is -2.27. The monoisotopic (exact) mass is 276 g/mol. The molecule has 1 aromatic carbocycles. The first-order valence-corrected chi connectivity index (χ1v) is 6.57. The summed E-state index contributed by atoms with van der Waals surface area (Å²) < 4.78 is 5.00. The van der Waals surface area contributed by atoms with Crippen LogP contribution >= 0.6 is 0 Å². The van der Waals surface area contributed by atoms with E-state index in [4.69, 9.17) is 4.74 Å². The number of aliphatic carboxylic acids is 1. The number of hydrogen-bond donors (Lipinski definition) is 1. The number of aryl methyl sites for hydroxylation is 1. The normalized spacial score (nSPS) is 13.3. The van der Waals surface area contributed by atoms with Gasteiger partial charge in [-0.05, 0) is 32.3 Å². The Morgan fingerprint density at radius 1 is 1.35 bits per heavy atom. The van der Waals surface area contributed by atoms with Gasteiger partial charge in [0.2, 0.25) is 0 Å². The lowest BCUT2D eigenvalue weighted by Crippen LogP contribution is -2.45. The number of carboxylic acid groups (broad SMARTS) is 1. The summed E-state index contributed by atoms with van der Waals surface area (Å²) in [6, 6.07) is 6.92. The highest BCUT2D eigenvalue weighted by Gasteiger charge is 2.48. The molecule has 0 saturated carbocycles. The fraction of sp³-hybridized carbons (Fsp3) is 0.375. The zero-order chi connectivity index (χ0) is 15.2. The molecule has 0 heterocycles. The molecule has 108 valence electrons. The van der Waals surface area contributed by atoms with E-state index in [0.29, 0.717) is 12.0 Å². The van der Waals surface area contributed by atoms with Gasteiger partial charge in [-0.2, -0.15) is 0 Å². The number of esters is 1. The van der Waals surface area contributed by atoms with Crippen LogP contribution in [0.3, 0.4) is 0 Å². The van der Waals surface area contributed by atoms with Gasteiger partial charge in [0, 0.05) is 0 Å². The first-order chi connectivity index (χ1) is 9.48.